The Balaban J connectivity index is 1.82. The summed E-state index contributed by atoms with van der Waals surface area (Å²) in [5, 5.41) is 1.01. The lowest BCUT2D eigenvalue weighted by atomic mass is 9.86. The molecule has 21 heavy (non-hydrogen) atoms. The highest BCUT2D eigenvalue weighted by Crippen LogP contribution is 2.32. The third kappa shape index (κ3) is 3.08. The molecule has 0 fully saturated rings. The molecule has 2 aromatic carbocycles. The number of fused-ring (bicyclic) bond motifs is 1. The van der Waals surface area contributed by atoms with Gasteiger partial charge in [-0.05, 0) is 29.2 Å². The minimum atomic E-state index is 0.0736. The van der Waals surface area contributed by atoms with Gasteiger partial charge in [0.25, 0.3) is 0 Å². The van der Waals surface area contributed by atoms with E-state index in [1.807, 2.05) is 30.3 Å². The van der Waals surface area contributed by atoms with Crippen LogP contribution in [0.15, 0.2) is 48.5 Å². The molecular weight excluding hydrogens is 278 g/mol. The van der Waals surface area contributed by atoms with E-state index in [-0.39, 0.29) is 5.41 Å². The second-order valence-corrected chi connectivity index (χ2v) is 7.23. The van der Waals surface area contributed by atoms with Gasteiger partial charge < -0.3 is 4.74 Å². The van der Waals surface area contributed by atoms with E-state index in [0.717, 1.165) is 16.3 Å². The summed E-state index contributed by atoms with van der Waals surface area (Å²) in [6.07, 6.45) is 0. The Bertz CT molecular complexity index is 722. The summed E-state index contributed by atoms with van der Waals surface area (Å²) in [5.74, 6) is 0.948. The predicted octanol–water partition coefficient (Wildman–Crippen LogP) is 5.17. The maximum absolute atomic E-state index is 6.03. The van der Waals surface area contributed by atoms with Crippen LogP contribution in [0.5, 0.6) is 5.75 Å². The van der Waals surface area contributed by atoms with E-state index in [0.29, 0.717) is 6.61 Å². The Morgan fingerprint density at radius 1 is 1.00 bits per heavy atom. The molecular formula is C18H19NOS. The Kier molecular flexibility index (Phi) is 3.68. The molecule has 2 nitrogen and oxygen atoms in total. The zero-order chi connectivity index (χ0) is 14.9. The van der Waals surface area contributed by atoms with Crippen LogP contribution in [0.3, 0.4) is 0 Å². The van der Waals surface area contributed by atoms with E-state index >= 15 is 0 Å². The summed E-state index contributed by atoms with van der Waals surface area (Å²) in [4.78, 5) is 4.61. The summed E-state index contributed by atoms with van der Waals surface area (Å²) in [6.45, 7) is 7.12. The number of benzene rings is 2. The van der Waals surface area contributed by atoms with Crippen LogP contribution in [-0.2, 0) is 12.0 Å². The van der Waals surface area contributed by atoms with Crippen LogP contribution in [-0.4, -0.2) is 4.98 Å². The van der Waals surface area contributed by atoms with Crippen LogP contribution in [0, 0.1) is 0 Å². The molecule has 0 N–H and O–H groups in total. The van der Waals surface area contributed by atoms with Gasteiger partial charge in [-0.2, -0.15) is 0 Å². The Morgan fingerprint density at radius 3 is 2.48 bits per heavy atom. The van der Waals surface area contributed by atoms with Gasteiger partial charge in [0.05, 0.1) is 10.2 Å². The van der Waals surface area contributed by atoms with E-state index in [1.54, 1.807) is 11.3 Å². The number of rotatable bonds is 3. The summed E-state index contributed by atoms with van der Waals surface area (Å²) >= 11 is 1.69. The minimum absolute atomic E-state index is 0.0736. The van der Waals surface area contributed by atoms with Gasteiger partial charge in [0.2, 0.25) is 0 Å². The molecule has 0 bridgehead atoms. The Hall–Kier alpha value is -1.87. The van der Waals surface area contributed by atoms with Gasteiger partial charge in [0.15, 0.2) is 0 Å². The number of para-hydroxylation sites is 2. The number of thiazole rings is 1. The van der Waals surface area contributed by atoms with Crippen LogP contribution in [0.25, 0.3) is 10.2 Å². The van der Waals surface area contributed by atoms with E-state index in [2.05, 4.69) is 44.0 Å². The van der Waals surface area contributed by atoms with Crippen molar-refractivity contribution in [3.8, 4) is 5.75 Å². The zero-order valence-electron chi connectivity index (χ0n) is 12.6. The molecule has 0 spiro atoms. The molecule has 0 saturated carbocycles. The van der Waals surface area contributed by atoms with Crippen molar-refractivity contribution in [1.29, 1.82) is 0 Å². The number of hydrogen-bond acceptors (Lipinski definition) is 3. The lowest BCUT2D eigenvalue weighted by molar-refractivity contribution is 0.297. The van der Waals surface area contributed by atoms with Crippen molar-refractivity contribution in [2.75, 3.05) is 0 Å². The van der Waals surface area contributed by atoms with Crippen LogP contribution in [0.1, 0.15) is 31.3 Å². The largest absolute Gasteiger partial charge is 0.486 e. The van der Waals surface area contributed by atoms with Crippen LogP contribution >= 0.6 is 11.3 Å². The predicted molar refractivity (Wildman–Crippen MR) is 89.1 cm³/mol. The summed E-state index contributed by atoms with van der Waals surface area (Å²) in [5.41, 5.74) is 2.35. The normalized spacial score (nSPS) is 11.8. The monoisotopic (exact) mass is 297 g/mol. The van der Waals surface area contributed by atoms with Crippen molar-refractivity contribution >= 4 is 21.6 Å². The first-order chi connectivity index (χ1) is 10.0. The number of ether oxygens (including phenoxy) is 1. The highest BCUT2D eigenvalue weighted by Gasteiger charge is 2.18. The second-order valence-electron chi connectivity index (χ2n) is 6.11. The standard InChI is InChI=1S/C18H19NOS/c1-18(2,3)13-8-4-6-10-15(13)20-12-17-19-14-9-5-7-11-16(14)21-17/h4-11H,12H2,1-3H3. The molecule has 1 aromatic heterocycles. The molecule has 0 unspecified atom stereocenters. The molecule has 0 aliphatic heterocycles. The van der Waals surface area contributed by atoms with Crippen LogP contribution < -0.4 is 4.74 Å². The third-order valence-electron chi connectivity index (χ3n) is 3.38. The SMILES string of the molecule is CC(C)(C)c1ccccc1OCc1nc2ccccc2s1. The molecule has 108 valence electrons. The van der Waals surface area contributed by atoms with Gasteiger partial charge >= 0.3 is 0 Å². The fourth-order valence-electron chi connectivity index (χ4n) is 2.33. The van der Waals surface area contributed by atoms with Crippen molar-refractivity contribution < 1.29 is 4.74 Å². The van der Waals surface area contributed by atoms with E-state index in [9.17, 15) is 0 Å². The first-order valence-electron chi connectivity index (χ1n) is 7.11. The molecule has 3 heteroatoms. The first kappa shape index (κ1) is 14.1. The second kappa shape index (κ2) is 5.49. The van der Waals surface area contributed by atoms with Crippen molar-refractivity contribution in [1.82, 2.24) is 4.98 Å². The van der Waals surface area contributed by atoms with Gasteiger partial charge in [-0.15, -0.1) is 11.3 Å². The highest BCUT2D eigenvalue weighted by atomic mass is 32.1. The number of hydrogen-bond donors (Lipinski definition) is 0. The topological polar surface area (TPSA) is 22.1 Å². The highest BCUT2D eigenvalue weighted by molar-refractivity contribution is 7.18. The van der Waals surface area contributed by atoms with Gasteiger partial charge in [-0.3, -0.25) is 0 Å². The van der Waals surface area contributed by atoms with E-state index < -0.39 is 0 Å². The fraction of sp³-hybridized carbons (Fsp3) is 0.278. The van der Waals surface area contributed by atoms with Crippen LogP contribution in [0.2, 0.25) is 0 Å². The number of nitrogens with zero attached hydrogens (tertiary/aromatic N) is 1. The molecule has 1 heterocycles. The lowest BCUT2D eigenvalue weighted by Gasteiger charge is -2.22. The van der Waals surface area contributed by atoms with Crippen LogP contribution in [0.4, 0.5) is 0 Å². The van der Waals surface area contributed by atoms with E-state index in [4.69, 9.17) is 4.74 Å². The minimum Gasteiger partial charge on any atom is -0.486 e. The van der Waals surface area contributed by atoms with Crippen molar-refractivity contribution in [3.63, 3.8) is 0 Å². The molecule has 0 atom stereocenters. The zero-order valence-corrected chi connectivity index (χ0v) is 13.4. The van der Waals surface area contributed by atoms with Crippen molar-refractivity contribution in [2.45, 2.75) is 32.8 Å². The molecule has 3 aromatic rings. The Morgan fingerprint density at radius 2 is 1.71 bits per heavy atom. The van der Waals surface area contributed by atoms with Gasteiger partial charge in [-0.25, -0.2) is 4.98 Å². The molecule has 0 radical (unpaired) electrons. The molecule has 3 rings (SSSR count). The van der Waals surface area contributed by atoms with Gasteiger partial charge in [0.1, 0.15) is 17.4 Å². The van der Waals surface area contributed by atoms with Gasteiger partial charge in [-0.1, -0.05) is 51.1 Å². The molecule has 0 aliphatic rings. The maximum Gasteiger partial charge on any atom is 0.140 e. The fourth-order valence-corrected chi connectivity index (χ4v) is 3.21. The third-order valence-corrected chi connectivity index (χ3v) is 4.39. The smallest absolute Gasteiger partial charge is 0.140 e. The quantitative estimate of drug-likeness (QED) is 0.665. The summed E-state index contributed by atoms with van der Waals surface area (Å²) < 4.78 is 7.24. The molecule has 0 aliphatic carbocycles. The Labute approximate surface area is 129 Å². The first-order valence-corrected chi connectivity index (χ1v) is 7.92. The van der Waals surface area contributed by atoms with Crippen molar-refractivity contribution in [3.05, 3.63) is 59.1 Å². The van der Waals surface area contributed by atoms with E-state index in [1.165, 1.54) is 10.3 Å². The molecule has 0 amide bonds. The average molecular weight is 297 g/mol. The lowest BCUT2D eigenvalue weighted by Crippen LogP contribution is -2.13. The van der Waals surface area contributed by atoms with Gasteiger partial charge in [0, 0.05) is 0 Å². The summed E-state index contributed by atoms with van der Waals surface area (Å²) in [7, 11) is 0. The molecule has 0 saturated heterocycles. The maximum atomic E-state index is 6.03. The van der Waals surface area contributed by atoms with Crippen molar-refractivity contribution in [2.24, 2.45) is 0 Å². The average Bonchev–Trinajstić information content (AvgIpc) is 2.87. The summed E-state index contributed by atoms with van der Waals surface area (Å²) in [6, 6.07) is 16.4. The number of aromatic nitrogens is 1.